The van der Waals surface area contributed by atoms with Gasteiger partial charge >= 0.3 is 5.97 Å². The number of aliphatic hydroxyl groups is 2. The molecule has 0 fully saturated rings. The fraction of sp³-hybridized carbons (Fsp3) is 0.500. The average molecular weight is 363 g/mol. The van der Waals surface area contributed by atoms with Crippen molar-refractivity contribution in [1.82, 2.24) is 0 Å². The first-order valence-corrected chi connectivity index (χ1v) is 9.45. The van der Waals surface area contributed by atoms with Gasteiger partial charge in [0.2, 0.25) is 0 Å². The molecule has 0 rings (SSSR count). The van der Waals surface area contributed by atoms with Crippen LogP contribution in [0.1, 0.15) is 58.3 Å². The minimum atomic E-state index is -0.732. The van der Waals surface area contributed by atoms with Gasteiger partial charge in [-0.2, -0.15) is 0 Å². The first-order valence-electron chi connectivity index (χ1n) is 9.45. The van der Waals surface area contributed by atoms with Crippen molar-refractivity contribution in [2.75, 3.05) is 0 Å². The van der Waals surface area contributed by atoms with Crippen molar-refractivity contribution in [3.8, 4) is 0 Å². The smallest absolute Gasteiger partial charge is 0.303 e. The molecule has 0 aliphatic heterocycles. The van der Waals surface area contributed by atoms with Crippen LogP contribution in [0.3, 0.4) is 0 Å². The van der Waals surface area contributed by atoms with Gasteiger partial charge in [0.25, 0.3) is 0 Å². The maximum Gasteiger partial charge on any atom is 0.303 e. The minimum Gasteiger partial charge on any atom is -0.481 e. The Morgan fingerprint density at radius 3 is 2.12 bits per heavy atom. The number of hydrogen-bond donors (Lipinski definition) is 3. The molecule has 0 aromatic heterocycles. The number of rotatable bonds is 15. The highest BCUT2D eigenvalue weighted by molar-refractivity contribution is 5.66. The van der Waals surface area contributed by atoms with Crippen LogP contribution in [0.4, 0.5) is 0 Å². The fourth-order valence-corrected chi connectivity index (χ4v) is 2.06. The van der Waals surface area contributed by atoms with E-state index in [4.69, 9.17) is 5.11 Å². The molecule has 0 aromatic carbocycles. The van der Waals surface area contributed by atoms with Crippen LogP contribution in [0.2, 0.25) is 0 Å². The van der Waals surface area contributed by atoms with Crippen molar-refractivity contribution in [3.63, 3.8) is 0 Å². The third-order valence-corrected chi connectivity index (χ3v) is 3.66. The Labute approximate surface area is 157 Å². The van der Waals surface area contributed by atoms with Crippen LogP contribution in [0.15, 0.2) is 60.8 Å². The van der Waals surface area contributed by atoms with Gasteiger partial charge in [0.05, 0.1) is 12.2 Å². The van der Waals surface area contributed by atoms with Gasteiger partial charge in [-0.25, -0.2) is 0 Å². The maximum absolute atomic E-state index is 10.4. The molecule has 4 heteroatoms. The lowest BCUT2D eigenvalue weighted by Crippen LogP contribution is -1.98. The molecule has 0 aliphatic rings. The van der Waals surface area contributed by atoms with Gasteiger partial charge < -0.3 is 15.3 Å². The summed E-state index contributed by atoms with van der Waals surface area (Å²) in [5, 5.41) is 27.7. The second-order valence-electron chi connectivity index (χ2n) is 6.10. The largest absolute Gasteiger partial charge is 0.481 e. The fourth-order valence-electron chi connectivity index (χ4n) is 2.06. The Hall–Kier alpha value is -1.91. The molecule has 0 spiro atoms. The molecule has 0 saturated heterocycles. The zero-order valence-electron chi connectivity index (χ0n) is 15.8. The van der Waals surface area contributed by atoms with Gasteiger partial charge in [-0.05, 0) is 38.5 Å². The second kappa shape index (κ2) is 17.9. The summed E-state index contributed by atoms with van der Waals surface area (Å²) in [5.41, 5.74) is 0. The Morgan fingerprint density at radius 2 is 1.50 bits per heavy atom. The molecule has 0 aliphatic carbocycles. The molecule has 26 heavy (non-hydrogen) atoms. The number of aliphatic carboxylic acids is 1. The van der Waals surface area contributed by atoms with Gasteiger partial charge in [0, 0.05) is 6.42 Å². The molecule has 2 unspecified atom stereocenters. The third kappa shape index (κ3) is 18.4. The highest BCUT2D eigenvalue weighted by Crippen LogP contribution is 2.05. The number of carbonyl (C=O) groups is 1. The predicted octanol–water partition coefficient (Wildman–Crippen LogP) is 4.71. The molecule has 0 aromatic rings. The van der Waals surface area contributed by atoms with Gasteiger partial charge in [0.1, 0.15) is 0 Å². The molecule has 146 valence electrons. The summed E-state index contributed by atoms with van der Waals surface area (Å²) < 4.78 is 0. The van der Waals surface area contributed by atoms with Crippen molar-refractivity contribution in [2.24, 2.45) is 0 Å². The SMILES string of the molecule is CCC(O)/C=C/C=C/C/C=C/C=C\C(O)C/C=C/CCCCCC(=O)O. The molecule has 2 atom stereocenters. The lowest BCUT2D eigenvalue weighted by atomic mass is 10.1. The number of carboxylic acid groups (broad SMARTS) is 1. The Balaban J connectivity index is 3.71. The summed E-state index contributed by atoms with van der Waals surface area (Å²) in [4.78, 5) is 10.4. The van der Waals surface area contributed by atoms with Crippen LogP contribution < -0.4 is 0 Å². The van der Waals surface area contributed by atoms with E-state index in [0.29, 0.717) is 6.42 Å². The average Bonchev–Trinajstić information content (AvgIpc) is 2.61. The summed E-state index contributed by atoms with van der Waals surface area (Å²) in [5.74, 6) is -0.732. The van der Waals surface area contributed by atoms with Crippen molar-refractivity contribution in [3.05, 3.63) is 60.8 Å². The molecule has 0 saturated carbocycles. The number of hydrogen-bond acceptors (Lipinski definition) is 3. The standard InChI is InChI=1S/C22H34O4/c1-2-20(23)16-12-8-4-3-5-9-13-17-21(24)18-14-10-6-7-11-15-19-22(25)26/h4-5,8-10,12-14,16-17,20-21,23-24H,2-3,6-7,11,15,18-19H2,1H3,(H,25,26)/b8-4+,9-5+,14-10+,16-12+,17-13-. The Bertz CT molecular complexity index is 486. The van der Waals surface area contributed by atoms with E-state index in [1.54, 1.807) is 12.2 Å². The highest BCUT2D eigenvalue weighted by Gasteiger charge is 1.96. The molecule has 0 bridgehead atoms. The zero-order valence-corrected chi connectivity index (χ0v) is 15.8. The summed E-state index contributed by atoms with van der Waals surface area (Å²) in [6.07, 6.45) is 24.1. The van der Waals surface area contributed by atoms with Crippen LogP contribution >= 0.6 is 0 Å². The Kier molecular flexibility index (Phi) is 16.6. The van der Waals surface area contributed by atoms with E-state index >= 15 is 0 Å². The highest BCUT2D eigenvalue weighted by atomic mass is 16.4. The topological polar surface area (TPSA) is 77.8 Å². The van der Waals surface area contributed by atoms with E-state index in [-0.39, 0.29) is 12.5 Å². The van der Waals surface area contributed by atoms with Gasteiger partial charge in [-0.15, -0.1) is 0 Å². The molecule has 3 N–H and O–H groups in total. The first-order chi connectivity index (χ1) is 12.6. The summed E-state index contributed by atoms with van der Waals surface area (Å²) in [7, 11) is 0. The van der Waals surface area contributed by atoms with Crippen LogP contribution in [0.25, 0.3) is 0 Å². The van der Waals surface area contributed by atoms with Crippen molar-refractivity contribution < 1.29 is 20.1 Å². The van der Waals surface area contributed by atoms with Crippen molar-refractivity contribution in [2.45, 2.75) is 70.5 Å². The second-order valence-corrected chi connectivity index (χ2v) is 6.10. The Morgan fingerprint density at radius 1 is 0.846 bits per heavy atom. The van der Waals surface area contributed by atoms with Gasteiger partial charge in [0.15, 0.2) is 0 Å². The molecular weight excluding hydrogens is 328 g/mol. The predicted molar refractivity (Wildman–Crippen MR) is 108 cm³/mol. The number of carboxylic acids is 1. The van der Waals surface area contributed by atoms with Gasteiger partial charge in [-0.1, -0.05) is 74.1 Å². The monoisotopic (exact) mass is 362 g/mol. The summed E-state index contributed by atoms with van der Waals surface area (Å²) in [6.45, 7) is 1.93. The van der Waals surface area contributed by atoms with Crippen LogP contribution in [-0.2, 0) is 4.79 Å². The first kappa shape index (κ1) is 24.1. The van der Waals surface area contributed by atoms with Crippen LogP contribution in [-0.4, -0.2) is 33.5 Å². The third-order valence-electron chi connectivity index (χ3n) is 3.66. The normalized spacial score (nSPS) is 15.2. The quantitative estimate of drug-likeness (QED) is 0.224. The van der Waals surface area contributed by atoms with E-state index in [9.17, 15) is 15.0 Å². The zero-order chi connectivity index (χ0) is 19.5. The van der Waals surface area contributed by atoms with E-state index < -0.39 is 12.1 Å². The minimum absolute atomic E-state index is 0.245. The van der Waals surface area contributed by atoms with E-state index in [0.717, 1.165) is 38.5 Å². The van der Waals surface area contributed by atoms with Crippen molar-refractivity contribution >= 4 is 5.97 Å². The molecular formula is C22H34O4. The summed E-state index contributed by atoms with van der Waals surface area (Å²) >= 11 is 0. The lowest BCUT2D eigenvalue weighted by Gasteiger charge is -1.99. The van der Waals surface area contributed by atoms with Crippen LogP contribution in [0, 0.1) is 0 Å². The van der Waals surface area contributed by atoms with Crippen LogP contribution in [0.5, 0.6) is 0 Å². The van der Waals surface area contributed by atoms with E-state index in [2.05, 4.69) is 0 Å². The van der Waals surface area contributed by atoms with E-state index in [1.807, 2.05) is 55.5 Å². The summed E-state index contributed by atoms with van der Waals surface area (Å²) in [6, 6.07) is 0. The van der Waals surface area contributed by atoms with Gasteiger partial charge in [-0.3, -0.25) is 4.79 Å². The number of allylic oxidation sites excluding steroid dienone is 7. The molecule has 0 heterocycles. The lowest BCUT2D eigenvalue weighted by molar-refractivity contribution is -0.137. The number of unbranched alkanes of at least 4 members (excludes halogenated alkanes) is 3. The van der Waals surface area contributed by atoms with E-state index in [1.165, 1.54) is 0 Å². The number of aliphatic hydroxyl groups excluding tert-OH is 2. The molecule has 4 nitrogen and oxygen atoms in total. The van der Waals surface area contributed by atoms with Crippen molar-refractivity contribution in [1.29, 1.82) is 0 Å². The molecule has 0 radical (unpaired) electrons. The molecule has 0 amide bonds. The maximum atomic E-state index is 10.4.